The second kappa shape index (κ2) is 14.8. The van der Waals surface area contributed by atoms with Gasteiger partial charge in [0.15, 0.2) is 5.58 Å². The van der Waals surface area contributed by atoms with Gasteiger partial charge in [-0.3, -0.25) is 0 Å². The lowest BCUT2D eigenvalue weighted by atomic mass is 9.92. The minimum Gasteiger partial charge on any atom is -0.485 e. The minimum atomic E-state index is -1.95. The molecule has 0 saturated heterocycles. The highest BCUT2D eigenvalue weighted by molar-refractivity contribution is 8.34. The second-order valence-corrected chi connectivity index (χ2v) is 19.0. The van der Waals surface area contributed by atoms with Gasteiger partial charge in [0.1, 0.15) is 17.4 Å². The van der Waals surface area contributed by atoms with Crippen LogP contribution in [0.4, 0.5) is 17.1 Å². The van der Waals surface area contributed by atoms with Crippen molar-refractivity contribution >= 4 is 59.7 Å². The Morgan fingerprint density at radius 1 is 0.484 bits per heavy atom. The van der Waals surface area contributed by atoms with E-state index in [1.807, 2.05) is 30.3 Å². The summed E-state index contributed by atoms with van der Waals surface area (Å²) in [7, 11) is -1.95. The van der Waals surface area contributed by atoms with E-state index in [2.05, 4.69) is 205 Å². The summed E-state index contributed by atoms with van der Waals surface area (Å²) in [6, 6.07) is 74.5. The molecule has 0 saturated carbocycles. The van der Waals surface area contributed by atoms with Crippen molar-refractivity contribution in [3.63, 3.8) is 0 Å². The molecule has 4 nitrogen and oxygen atoms in total. The fourth-order valence-corrected chi connectivity index (χ4v) is 13.4. The number of allylic oxidation sites excluding steroid dienone is 2. The van der Waals surface area contributed by atoms with E-state index in [9.17, 15) is 0 Å². The first-order valence-corrected chi connectivity index (χ1v) is 22.7. The lowest BCUT2D eigenvalue weighted by Gasteiger charge is -2.42. The molecular weight excluding hydrogens is 777 g/mol. The van der Waals surface area contributed by atoms with Gasteiger partial charge in [0, 0.05) is 65.1 Å². The molecular formula is C57H40N2O2S. The molecule has 0 fully saturated rings. The molecule has 0 spiro atoms. The molecule has 1 aliphatic heterocycles. The highest BCUT2D eigenvalue weighted by atomic mass is 32.3. The lowest BCUT2D eigenvalue weighted by molar-refractivity contribution is 0.269. The van der Waals surface area contributed by atoms with Crippen molar-refractivity contribution in [3.05, 3.63) is 236 Å². The Kier molecular flexibility index (Phi) is 8.68. The van der Waals surface area contributed by atoms with Gasteiger partial charge in [0.2, 0.25) is 5.89 Å². The summed E-state index contributed by atoms with van der Waals surface area (Å²) in [6.07, 6.45) is 8.61. The summed E-state index contributed by atoms with van der Waals surface area (Å²) in [5.41, 5.74) is 6.87. The van der Waals surface area contributed by atoms with Crippen LogP contribution in [0.2, 0.25) is 0 Å². The van der Waals surface area contributed by atoms with Crippen LogP contribution >= 0.6 is 10.0 Å². The maximum atomic E-state index is 6.67. The molecule has 1 aromatic heterocycles. The van der Waals surface area contributed by atoms with Crippen molar-refractivity contribution in [2.75, 3.05) is 4.90 Å². The summed E-state index contributed by atoms with van der Waals surface area (Å²) in [4.78, 5) is 12.4. The molecule has 1 aliphatic carbocycles. The number of hydrogen-bond acceptors (Lipinski definition) is 4. The third-order valence-corrected chi connectivity index (χ3v) is 16.2. The van der Waals surface area contributed by atoms with Crippen LogP contribution in [0.3, 0.4) is 0 Å². The van der Waals surface area contributed by atoms with Gasteiger partial charge in [-0.15, -0.1) is 10.0 Å². The number of fused-ring (bicyclic) bond motifs is 8. The van der Waals surface area contributed by atoms with Crippen LogP contribution in [0.5, 0.6) is 5.75 Å². The first-order valence-electron chi connectivity index (χ1n) is 21.1. The number of benzene rings is 9. The van der Waals surface area contributed by atoms with E-state index in [1.165, 1.54) is 25.1 Å². The molecule has 12 rings (SSSR count). The topological polar surface area (TPSA) is 38.5 Å². The van der Waals surface area contributed by atoms with Crippen LogP contribution in [0, 0.1) is 0 Å². The van der Waals surface area contributed by atoms with E-state index in [4.69, 9.17) is 14.1 Å². The van der Waals surface area contributed by atoms with Crippen molar-refractivity contribution in [3.8, 4) is 17.2 Å². The van der Waals surface area contributed by atoms with Crippen LogP contribution in [0.25, 0.3) is 44.1 Å². The smallest absolute Gasteiger partial charge is 0.227 e. The molecule has 0 N–H and O–H groups in total. The largest absolute Gasteiger partial charge is 0.485 e. The Morgan fingerprint density at radius 2 is 1.06 bits per heavy atom. The molecule has 0 amide bonds. The predicted octanol–water partition coefficient (Wildman–Crippen LogP) is 15.6. The molecule has 10 aromatic rings. The summed E-state index contributed by atoms with van der Waals surface area (Å²) in [5, 5.41) is 4.37. The molecule has 296 valence electrons. The zero-order chi connectivity index (χ0) is 41.0. The molecule has 5 heteroatoms. The standard InChI is InChI=1S/C57H40N2O2S/c1-5-16-41(17-6-1)57-58-52-35-31-40-29-28-39-30-32-43(37-51(39)55(40)56(52)61-57)59(44-33-34-50-49-26-13-14-27-53(49)60-54(50)38-44)42-18-15-25-48(36-42)62(45-19-7-2-8-20-45,46-21-9-3-10-22-46)47-23-11-4-12-24-47/h1-38,49,53H. The van der Waals surface area contributed by atoms with Crippen molar-refractivity contribution in [2.45, 2.75) is 31.6 Å². The van der Waals surface area contributed by atoms with Crippen molar-refractivity contribution in [1.82, 2.24) is 4.98 Å². The van der Waals surface area contributed by atoms with Crippen LogP contribution in [0.15, 0.2) is 255 Å². The molecule has 0 bridgehead atoms. The predicted molar refractivity (Wildman–Crippen MR) is 255 cm³/mol. The number of hydrogen-bond donors (Lipinski definition) is 0. The number of oxazole rings is 1. The van der Waals surface area contributed by atoms with E-state index < -0.39 is 10.0 Å². The first kappa shape index (κ1) is 36.3. The van der Waals surface area contributed by atoms with E-state index in [1.54, 1.807) is 0 Å². The monoisotopic (exact) mass is 816 g/mol. The van der Waals surface area contributed by atoms with Crippen LogP contribution in [-0.4, -0.2) is 11.1 Å². The van der Waals surface area contributed by atoms with Crippen LogP contribution in [-0.2, 0) is 0 Å². The Morgan fingerprint density at radius 3 is 1.79 bits per heavy atom. The van der Waals surface area contributed by atoms with Gasteiger partial charge < -0.3 is 14.1 Å². The van der Waals surface area contributed by atoms with E-state index in [0.717, 1.165) is 61.0 Å². The van der Waals surface area contributed by atoms with E-state index in [0.29, 0.717) is 5.89 Å². The summed E-state index contributed by atoms with van der Waals surface area (Å²) < 4.78 is 13.3. The van der Waals surface area contributed by atoms with Gasteiger partial charge in [0.05, 0.1) is 0 Å². The van der Waals surface area contributed by atoms with Crippen molar-refractivity contribution in [2.24, 2.45) is 0 Å². The number of anilines is 3. The molecule has 2 heterocycles. The highest BCUT2D eigenvalue weighted by Gasteiger charge is 2.35. The Bertz CT molecular complexity index is 3250. The Labute approximate surface area is 362 Å². The number of nitrogens with zero attached hydrogens (tertiary/aromatic N) is 2. The van der Waals surface area contributed by atoms with Crippen LogP contribution in [0.1, 0.15) is 11.5 Å². The zero-order valence-corrected chi connectivity index (χ0v) is 34.5. The van der Waals surface area contributed by atoms with E-state index >= 15 is 0 Å². The maximum absolute atomic E-state index is 6.67. The highest BCUT2D eigenvalue weighted by Crippen LogP contribution is 2.73. The molecule has 2 aliphatic rings. The van der Waals surface area contributed by atoms with Gasteiger partial charge >= 0.3 is 0 Å². The van der Waals surface area contributed by atoms with Crippen LogP contribution < -0.4 is 9.64 Å². The SMILES string of the molecule is C1=CC2Oc3cc(N(c4cccc(S(c5ccccc5)(c5ccccc5)c5ccccc5)c4)c4ccc5ccc6ccc7nc(-c8ccccc8)oc7c6c5c4)ccc3C2C=C1. The summed E-state index contributed by atoms with van der Waals surface area (Å²) in [5.74, 6) is 1.73. The Hall–Kier alpha value is -7.60. The van der Waals surface area contributed by atoms with Gasteiger partial charge in [-0.1, -0.05) is 127 Å². The maximum Gasteiger partial charge on any atom is 0.227 e. The fourth-order valence-electron chi connectivity index (χ4n) is 9.47. The molecule has 62 heavy (non-hydrogen) atoms. The zero-order valence-electron chi connectivity index (χ0n) is 33.7. The molecule has 9 aromatic carbocycles. The minimum absolute atomic E-state index is 0.00835. The van der Waals surface area contributed by atoms with Crippen molar-refractivity contribution in [1.29, 1.82) is 0 Å². The average molecular weight is 817 g/mol. The normalized spacial score (nSPS) is 15.7. The first-order chi connectivity index (χ1) is 30.7. The number of aromatic nitrogens is 1. The third-order valence-electron chi connectivity index (χ3n) is 12.3. The molecule has 0 radical (unpaired) electrons. The summed E-state index contributed by atoms with van der Waals surface area (Å²) >= 11 is 0. The Balaban J connectivity index is 1.10. The molecule has 2 unspecified atom stereocenters. The number of ether oxygens (including phenoxy) is 1. The fraction of sp³-hybridized carbons (Fsp3) is 0.0351. The van der Waals surface area contributed by atoms with Crippen molar-refractivity contribution < 1.29 is 9.15 Å². The lowest BCUT2D eigenvalue weighted by Crippen LogP contribution is -2.15. The quantitative estimate of drug-likeness (QED) is 0.143. The molecule has 2 atom stereocenters. The van der Waals surface area contributed by atoms with Gasteiger partial charge in [0.25, 0.3) is 0 Å². The van der Waals surface area contributed by atoms with Gasteiger partial charge in [-0.2, -0.15) is 0 Å². The van der Waals surface area contributed by atoms with Gasteiger partial charge in [-0.25, -0.2) is 4.98 Å². The third kappa shape index (κ3) is 5.88. The average Bonchev–Trinajstić information content (AvgIpc) is 3.95. The summed E-state index contributed by atoms with van der Waals surface area (Å²) in [6.45, 7) is 0. The van der Waals surface area contributed by atoms with E-state index in [-0.39, 0.29) is 12.0 Å². The number of rotatable bonds is 8. The second-order valence-electron chi connectivity index (χ2n) is 15.9. The van der Waals surface area contributed by atoms with Gasteiger partial charge in [-0.05, 0) is 113 Å².